The molecule has 0 aromatic carbocycles. The van der Waals surface area contributed by atoms with Gasteiger partial charge in [-0.25, -0.2) is 9.52 Å². The van der Waals surface area contributed by atoms with Gasteiger partial charge >= 0.3 is 6.03 Å². The number of nitrogens with zero attached hydrogens (tertiary/aromatic N) is 4. The van der Waals surface area contributed by atoms with E-state index in [0.29, 0.717) is 0 Å². The maximum absolute atomic E-state index is 12.0. The standard InChI is InChI=1S/C10H12N6O5S/c1-20-6-5-7(21-2)14-10(13-6)16-8(3-4-12-16)22(18,19)15-9(11)17/h3-5H,1-2H3,(H3,11,15,17). The van der Waals surface area contributed by atoms with Crippen LogP contribution in [0.5, 0.6) is 11.8 Å². The number of hydrogen-bond donors (Lipinski definition) is 2. The summed E-state index contributed by atoms with van der Waals surface area (Å²) in [6.07, 6.45) is 1.20. The number of nitrogens with one attached hydrogen (secondary N) is 1. The fourth-order valence-corrected chi connectivity index (χ4v) is 2.49. The molecule has 0 atom stereocenters. The Hall–Kier alpha value is -2.89. The van der Waals surface area contributed by atoms with Crippen LogP contribution in [0.2, 0.25) is 0 Å². The first-order valence-corrected chi connectivity index (χ1v) is 7.19. The lowest BCUT2D eigenvalue weighted by Gasteiger charge is -2.09. The molecule has 0 saturated carbocycles. The monoisotopic (exact) mass is 328 g/mol. The molecule has 2 aromatic heterocycles. The van der Waals surface area contributed by atoms with Gasteiger partial charge in [0, 0.05) is 0 Å². The molecule has 2 rings (SSSR count). The Bertz CT molecular complexity index is 780. The van der Waals surface area contributed by atoms with Crippen molar-refractivity contribution in [3.63, 3.8) is 0 Å². The van der Waals surface area contributed by atoms with Gasteiger partial charge in [0.2, 0.25) is 11.8 Å². The molecule has 3 N–H and O–H groups in total. The molecule has 22 heavy (non-hydrogen) atoms. The lowest BCUT2D eigenvalue weighted by molar-refractivity contribution is 0.253. The molecule has 0 spiro atoms. The van der Waals surface area contributed by atoms with E-state index in [9.17, 15) is 13.2 Å². The zero-order chi connectivity index (χ0) is 16.3. The first kappa shape index (κ1) is 15.5. The summed E-state index contributed by atoms with van der Waals surface area (Å²) in [5, 5.41) is 3.45. The molecule has 0 aliphatic rings. The summed E-state index contributed by atoms with van der Waals surface area (Å²) in [5.74, 6) is 0.165. The summed E-state index contributed by atoms with van der Waals surface area (Å²) in [4.78, 5) is 18.7. The van der Waals surface area contributed by atoms with Crippen molar-refractivity contribution in [2.75, 3.05) is 14.2 Å². The second-order valence-electron chi connectivity index (χ2n) is 3.80. The Labute approximate surface area is 125 Å². The molecule has 0 bridgehead atoms. The van der Waals surface area contributed by atoms with E-state index in [1.807, 2.05) is 0 Å². The smallest absolute Gasteiger partial charge is 0.326 e. The van der Waals surface area contributed by atoms with E-state index in [-0.39, 0.29) is 22.7 Å². The van der Waals surface area contributed by atoms with Crippen LogP contribution in [-0.2, 0) is 10.0 Å². The van der Waals surface area contributed by atoms with Crippen LogP contribution in [0.25, 0.3) is 5.95 Å². The van der Waals surface area contributed by atoms with Crippen LogP contribution in [0.15, 0.2) is 23.4 Å². The van der Waals surface area contributed by atoms with Crippen LogP contribution in [0.3, 0.4) is 0 Å². The number of primary amides is 1. The van der Waals surface area contributed by atoms with Crippen LogP contribution >= 0.6 is 0 Å². The van der Waals surface area contributed by atoms with E-state index in [1.165, 1.54) is 26.5 Å². The Balaban J connectivity index is 2.56. The number of aromatic nitrogens is 4. The molecule has 0 saturated heterocycles. The van der Waals surface area contributed by atoms with Crippen molar-refractivity contribution in [2.24, 2.45) is 5.73 Å². The third-order valence-electron chi connectivity index (χ3n) is 2.39. The van der Waals surface area contributed by atoms with Gasteiger partial charge in [-0.2, -0.15) is 28.2 Å². The van der Waals surface area contributed by atoms with Gasteiger partial charge in [-0.3, -0.25) is 0 Å². The van der Waals surface area contributed by atoms with E-state index in [0.717, 1.165) is 10.7 Å². The lowest BCUT2D eigenvalue weighted by Crippen LogP contribution is -2.36. The number of hydrogen-bond acceptors (Lipinski definition) is 8. The van der Waals surface area contributed by atoms with Crippen molar-refractivity contribution >= 4 is 16.1 Å². The highest BCUT2D eigenvalue weighted by molar-refractivity contribution is 7.90. The SMILES string of the molecule is COc1cc(OC)nc(-n2nccc2S(=O)(=O)NC(N)=O)n1. The fourth-order valence-electron chi connectivity index (χ4n) is 1.53. The maximum atomic E-state index is 12.0. The normalized spacial score (nSPS) is 11.0. The molecule has 118 valence electrons. The Morgan fingerprint density at radius 3 is 2.36 bits per heavy atom. The van der Waals surface area contributed by atoms with Crippen molar-refractivity contribution in [1.29, 1.82) is 0 Å². The Morgan fingerprint density at radius 2 is 1.86 bits per heavy atom. The van der Waals surface area contributed by atoms with E-state index in [2.05, 4.69) is 15.1 Å². The van der Waals surface area contributed by atoms with Gasteiger partial charge in [0.15, 0.2) is 5.03 Å². The van der Waals surface area contributed by atoms with Crippen molar-refractivity contribution in [3.8, 4) is 17.7 Å². The van der Waals surface area contributed by atoms with Gasteiger partial charge in [0.1, 0.15) is 0 Å². The van der Waals surface area contributed by atoms with Gasteiger partial charge in [-0.1, -0.05) is 0 Å². The highest BCUT2D eigenvalue weighted by Gasteiger charge is 2.23. The number of methoxy groups -OCH3 is 2. The summed E-state index contributed by atoms with van der Waals surface area (Å²) in [6.45, 7) is 0. The van der Waals surface area contributed by atoms with Crippen LogP contribution in [0.4, 0.5) is 4.79 Å². The predicted octanol–water partition coefficient (Wildman–Crippen LogP) is -0.963. The van der Waals surface area contributed by atoms with E-state index in [4.69, 9.17) is 15.2 Å². The van der Waals surface area contributed by atoms with E-state index >= 15 is 0 Å². The number of urea groups is 1. The second-order valence-corrected chi connectivity index (χ2v) is 5.43. The molecule has 2 amide bonds. The fraction of sp³-hybridized carbons (Fsp3) is 0.200. The average molecular weight is 328 g/mol. The van der Waals surface area contributed by atoms with Gasteiger partial charge in [0.25, 0.3) is 16.0 Å². The molecule has 0 aliphatic carbocycles. The van der Waals surface area contributed by atoms with Crippen molar-refractivity contribution in [1.82, 2.24) is 24.5 Å². The third kappa shape index (κ3) is 3.06. The first-order valence-electron chi connectivity index (χ1n) is 5.71. The predicted molar refractivity (Wildman–Crippen MR) is 72.2 cm³/mol. The van der Waals surface area contributed by atoms with Crippen LogP contribution < -0.4 is 19.9 Å². The second kappa shape index (κ2) is 5.85. The largest absolute Gasteiger partial charge is 0.481 e. The number of carbonyl (C=O) groups is 1. The first-order chi connectivity index (χ1) is 10.4. The van der Waals surface area contributed by atoms with E-state index < -0.39 is 16.1 Å². The quantitative estimate of drug-likeness (QED) is 0.711. The molecular formula is C10H12N6O5S. The minimum Gasteiger partial charge on any atom is -0.481 e. The summed E-state index contributed by atoms with van der Waals surface area (Å²) < 4.78 is 36.5. The summed E-state index contributed by atoms with van der Waals surface area (Å²) in [7, 11) is -1.47. The Kier molecular flexibility index (Phi) is 4.12. The number of amides is 2. The average Bonchev–Trinajstić information content (AvgIpc) is 2.95. The number of ether oxygens (including phenoxy) is 2. The highest BCUT2D eigenvalue weighted by Crippen LogP contribution is 2.19. The van der Waals surface area contributed by atoms with Crippen LogP contribution in [-0.4, -0.2) is 48.4 Å². The van der Waals surface area contributed by atoms with E-state index in [1.54, 1.807) is 4.72 Å². The van der Waals surface area contributed by atoms with Crippen molar-refractivity contribution < 1.29 is 22.7 Å². The topological polar surface area (TPSA) is 151 Å². The number of nitrogens with two attached hydrogens (primary N) is 1. The lowest BCUT2D eigenvalue weighted by atomic mass is 10.6. The zero-order valence-corrected chi connectivity index (χ0v) is 12.4. The molecule has 0 fully saturated rings. The molecule has 11 nitrogen and oxygen atoms in total. The number of sulfonamides is 1. The molecule has 0 aliphatic heterocycles. The zero-order valence-electron chi connectivity index (χ0n) is 11.5. The van der Waals surface area contributed by atoms with Gasteiger partial charge in [-0.05, 0) is 6.07 Å². The van der Waals surface area contributed by atoms with Crippen molar-refractivity contribution in [2.45, 2.75) is 5.03 Å². The Morgan fingerprint density at radius 1 is 1.27 bits per heavy atom. The highest BCUT2D eigenvalue weighted by atomic mass is 32.2. The number of rotatable bonds is 5. The third-order valence-corrected chi connectivity index (χ3v) is 3.72. The molecule has 12 heteroatoms. The summed E-state index contributed by atoms with van der Waals surface area (Å²) >= 11 is 0. The minimum atomic E-state index is -4.22. The minimum absolute atomic E-state index is 0.119. The molecule has 0 radical (unpaired) electrons. The van der Waals surface area contributed by atoms with Crippen molar-refractivity contribution in [3.05, 3.63) is 18.3 Å². The van der Waals surface area contributed by atoms with Gasteiger partial charge in [-0.15, -0.1) is 0 Å². The summed E-state index contributed by atoms with van der Waals surface area (Å²) in [5.41, 5.74) is 4.83. The summed E-state index contributed by atoms with van der Waals surface area (Å²) in [6, 6.07) is 1.33. The molecular weight excluding hydrogens is 316 g/mol. The van der Waals surface area contributed by atoms with Crippen LogP contribution in [0, 0.1) is 0 Å². The molecule has 2 aromatic rings. The molecule has 0 unspecified atom stereocenters. The molecule has 2 heterocycles. The number of carbonyl (C=O) groups excluding carboxylic acids is 1. The maximum Gasteiger partial charge on any atom is 0.326 e. The van der Waals surface area contributed by atoms with Crippen LogP contribution in [0.1, 0.15) is 0 Å². The van der Waals surface area contributed by atoms with Gasteiger partial charge in [0.05, 0.1) is 26.5 Å². The van der Waals surface area contributed by atoms with Gasteiger partial charge < -0.3 is 15.2 Å².